The Hall–Kier alpha value is -2.95. The lowest BCUT2D eigenvalue weighted by molar-refractivity contribution is -0.139. The highest BCUT2D eigenvalue weighted by atomic mass is 16.5. The van der Waals surface area contributed by atoms with E-state index in [2.05, 4.69) is 0 Å². The number of hydrogen-bond acceptors (Lipinski definition) is 4. The number of benzene rings is 3. The summed E-state index contributed by atoms with van der Waals surface area (Å²) in [5.74, 6) is 0.905. The maximum atomic E-state index is 10.7. The van der Waals surface area contributed by atoms with Crippen LogP contribution < -0.4 is 14.2 Å². The average molecular weight is 312 g/mol. The van der Waals surface area contributed by atoms with Crippen molar-refractivity contribution in [1.29, 1.82) is 0 Å². The van der Waals surface area contributed by atoms with Gasteiger partial charge in [-0.15, -0.1) is 0 Å². The fraction of sp³-hybridized carbons (Fsp3) is 0.167. The second kappa shape index (κ2) is 6.04. The zero-order valence-electron chi connectivity index (χ0n) is 12.8. The fourth-order valence-electron chi connectivity index (χ4n) is 2.75. The molecule has 0 radical (unpaired) electrons. The largest absolute Gasteiger partial charge is 0.495 e. The standard InChI is InChI=1S/C18H16O5/c1-21-17-12-5-3-4-6-13(12)18(22-2)15-9-11(7-8-14(15)17)23-10-16(19)20/h3-9H,10H2,1-2H3,(H,19,20). The van der Waals surface area contributed by atoms with Crippen LogP contribution in [0.1, 0.15) is 0 Å². The predicted molar refractivity (Wildman–Crippen MR) is 87.7 cm³/mol. The van der Waals surface area contributed by atoms with Crippen molar-refractivity contribution in [3.05, 3.63) is 42.5 Å². The summed E-state index contributed by atoms with van der Waals surface area (Å²) >= 11 is 0. The Morgan fingerprint density at radius 2 is 1.48 bits per heavy atom. The molecule has 3 aromatic carbocycles. The lowest BCUT2D eigenvalue weighted by atomic mass is 10.0. The number of carboxylic acids is 1. The van der Waals surface area contributed by atoms with Gasteiger partial charge in [0.05, 0.1) is 14.2 Å². The molecule has 0 aromatic heterocycles. The normalized spacial score (nSPS) is 10.7. The molecule has 0 unspecified atom stereocenters. The molecule has 0 heterocycles. The van der Waals surface area contributed by atoms with Gasteiger partial charge in [-0.1, -0.05) is 24.3 Å². The molecule has 3 rings (SSSR count). The first-order chi connectivity index (χ1) is 11.2. The van der Waals surface area contributed by atoms with Crippen molar-refractivity contribution in [1.82, 2.24) is 0 Å². The number of ether oxygens (including phenoxy) is 3. The van der Waals surface area contributed by atoms with Crippen LogP contribution in [0.2, 0.25) is 0 Å². The number of carbonyl (C=O) groups is 1. The van der Waals surface area contributed by atoms with Crippen LogP contribution in [0, 0.1) is 0 Å². The van der Waals surface area contributed by atoms with Gasteiger partial charge in [-0.05, 0) is 18.2 Å². The molecule has 0 aliphatic carbocycles. The summed E-state index contributed by atoms with van der Waals surface area (Å²) in [6.45, 7) is -0.390. The van der Waals surface area contributed by atoms with Gasteiger partial charge < -0.3 is 19.3 Å². The van der Waals surface area contributed by atoms with Crippen LogP contribution in [-0.4, -0.2) is 31.9 Å². The molecule has 0 spiro atoms. The second-order valence-corrected chi connectivity index (χ2v) is 5.00. The highest BCUT2D eigenvalue weighted by Gasteiger charge is 2.15. The van der Waals surface area contributed by atoms with Crippen molar-refractivity contribution in [2.45, 2.75) is 0 Å². The van der Waals surface area contributed by atoms with Crippen LogP contribution in [0.3, 0.4) is 0 Å². The molecule has 0 saturated carbocycles. The number of carboxylic acid groups (broad SMARTS) is 1. The minimum Gasteiger partial charge on any atom is -0.495 e. The predicted octanol–water partition coefficient (Wildman–Crippen LogP) is 3.47. The molecule has 23 heavy (non-hydrogen) atoms. The van der Waals surface area contributed by atoms with Crippen LogP contribution >= 0.6 is 0 Å². The third-order valence-electron chi connectivity index (χ3n) is 3.67. The van der Waals surface area contributed by atoms with E-state index in [0.29, 0.717) is 11.5 Å². The van der Waals surface area contributed by atoms with Crippen LogP contribution in [0.15, 0.2) is 42.5 Å². The minimum atomic E-state index is -1.02. The first-order valence-electron chi connectivity index (χ1n) is 7.06. The van der Waals surface area contributed by atoms with Gasteiger partial charge in [0.25, 0.3) is 0 Å². The van der Waals surface area contributed by atoms with Crippen LogP contribution in [0.5, 0.6) is 17.2 Å². The van der Waals surface area contributed by atoms with Gasteiger partial charge in [0, 0.05) is 21.5 Å². The Balaban J connectivity index is 2.29. The summed E-state index contributed by atoms with van der Waals surface area (Å²) in [5, 5.41) is 12.3. The first kappa shape index (κ1) is 15.0. The molecule has 5 nitrogen and oxygen atoms in total. The van der Waals surface area contributed by atoms with Gasteiger partial charge >= 0.3 is 5.97 Å². The van der Waals surface area contributed by atoms with Crippen molar-refractivity contribution in [2.75, 3.05) is 20.8 Å². The Labute approximate surface area is 133 Å². The molecule has 1 N–H and O–H groups in total. The van der Waals surface area contributed by atoms with Gasteiger partial charge in [-0.25, -0.2) is 4.79 Å². The van der Waals surface area contributed by atoms with Crippen molar-refractivity contribution < 1.29 is 24.1 Å². The van der Waals surface area contributed by atoms with Crippen molar-refractivity contribution in [3.8, 4) is 17.2 Å². The summed E-state index contributed by atoms with van der Waals surface area (Å²) in [6.07, 6.45) is 0. The topological polar surface area (TPSA) is 65.0 Å². The summed E-state index contributed by atoms with van der Waals surface area (Å²) in [4.78, 5) is 10.7. The molecular formula is C18H16O5. The van der Waals surface area contributed by atoms with Crippen LogP contribution in [0.25, 0.3) is 21.5 Å². The van der Waals surface area contributed by atoms with Gasteiger partial charge in [0.2, 0.25) is 0 Å². The molecule has 0 atom stereocenters. The van der Waals surface area contributed by atoms with E-state index in [9.17, 15) is 4.79 Å². The number of hydrogen-bond donors (Lipinski definition) is 1. The van der Waals surface area contributed by atoms with E-state index in [-0.39, 0.29) is 0 Å². The fourth-order valence-corrected chi connectivity index (χ4v) is 2.75. The molecule has 3 aromatic rings. The SMILES string of the molecule is COc1c2ccccc2c(OC)c2cc(OCC(=O)O)ccc12. The summed E-state index contributed by atoms with van der Waals surface area (Å²) in [6, 6.07) is 13.2. The summed E-state index contributed by atoms with van der Waals surface area (Å²) < 4.78 is 16.4. The molecule has 0 amide bonds. The summed E-state index contributed by atoms with van der Waals surface area (Å²) in [5.41, 5.74) is 0. The molecule has 118 valence electrons. The van der Waals surface area contributed by atoms with E-state index in [1.807, 2.05) is 30.3 Å². The van der Waals surface area contributed by atoms with Crippen LogP contribution in [0.4, 0.5) is 0 Å². The molecule has 0 fully saturated rings. The summed E-state index contributed by atoms with van der Waals surface area (Å²) in [7, 11) is 3.24. The van der Waals surface area contributed by atoms with Gasteiger partial charge in [-0.3, -0.25) is 0 Å². The average Bonchev–Trinajstić information content (AvgIpc) is 2.57. The zero-order valence-corrected chi connectivity index (χ0v) is 12.8. The highest BCUT2D eigenvalue weighted by Crippen LogP contribution is 2.43. The quantitative estimate of drug-likeness (QED) is 0.731. The molecule has 0 aliphatic rings. The molecule has 0 saturated heterocycles. The highest BCUT2D eigenvalue weighted by molar-refractivity contribution is 6.11. The monoisotopic (exact) mass is 312 g/mol. The third kappa shape index (κ3) is 2.61. The van der Waals surface area contributed by atoms with E-state index in [1.54, 1.807) is 26.4 Å². The number of aliphatic carboxylic acids is 1. The van der Waals surface area contributed by atoms with Crippen molar-refractivity contribution in [3.63, 3.8) is 0 Å². The maximum Gasteiger partial charge on any atom is 0.341 e. The van der Waals surface area contributed by atoms with E-state index in [0.717, 1.165) is 27.3 Å². The Kier molecular flexibility index (Phi) is 3.93. The Morgan fingerprint density at radius 3 is 2.04 bits per heavy atom. The third-order valence-corrected chi connectivity index (χ3v) is 3.67. The van der Waals surface area contributed by atoms with E-state index in [4.69, 9.17) is 19.3 Å². The lowest BCUT2D eigenvalue weighted by Gasteiger charge is -2.15. The maximum absolute atomic E-state index is 10.7. The second-order valence-electron chi connectivity index (χ2n) is 5.00. The van der Waals surface area contributed by atoms with Crippen molar-refractivity contribution >= 4 is 27.5 Å². The lowest BCUT2D eigenvalue weighted by Crippen LogP contribution is -2.09. The Bertz CT molecular complexity index is 885. The van der Waals surface area contributed by atoms with E-state index in [1.165, 1.54) is 0 Å². The number of fused-ring (bicyclic) bond motifs is 2. The molecule has 0 bridgehead atoms. The van der Waals surface area contributed by atoms with E-state index < -0.39 is 12.6 Å². The minimum absolute atomic E-state index is 0.390. The van der Waals surface area contributed by atoms with Gasteiger partial charge in [0.1, 0.15) is 17.2 Å². The zero-order chi connectivity index (χ0) is 16.4. The Morgan fingerprint density at radius 1 is 0.913 bits per heavy atom. The van der Waals surface area contributed by atoms with Crippen LogP contribution in [-0.2, 0) is 4.79 Å². The van der Waals surface area contributed by atoms with Gasteiger partial charge in [0.15, 0.2) is 6.61 Å². The van der Waals surface area contributed by atoms with Crippen molar-refractivity contribution in [2.24, 2.45) is 0 Å². The van der Waals surface area contributed by atoms with Gasteiger partial charge in [-0.2, -0.15) is 0 Å². The number of rotatable bonds is 5. The smallest absolute Gasteiger partial charge is 0.341 e. The first-order valence-corrected chi connectivity index (χ1v) is 7.06. The molecule has 5 heteroatoms. The molecular weight excluding hydrogens is 296 g/mol. The molecule has 0 aliphatic heterocycles. The van der Waals surface area contributed by atoms with E-state index >= 15 is 0 Å². The number of methoxy groups -OCH3 is 2.